The van der Waals surface area contributed by atoms with Gasteiger partial charge < -0.3 is 4.90 Å². The van der Waals surface area contributed by atoms with Gasteiger partial charge in [0, 0.05) is 24.7 Å². The van der Waals surface area contributed by atoms with Gasteiger partial charge in [-0.1, -0.05) is 0 Å². The fraction of sp³-hybridized carbons (Fsp3) is 0.455. The van der Waals surface area contributed by atoms with Crippen LogP contribution in [0.5, 0.6) is 0 Å². The molecule has 0 radical (unpaired) electrons. The monoisotopic (exact) mass is 242 g/mol. The topological polar surface area (TPSA) is 46.4 Å². The van der Waals surface area contributed by atoms with Crippen LogP contribution in [0.1, 0.15) is 18.4 Å². The van der Waals surface area contributed by atoms with E-state index in [9.17, 15) is 18.9 Å². The number of nitro benzene ring substituents is 1. The van der Waals surface area contributed by atoms with E-state index in [1.54, 1.807) is 4.90 Å². The molecule has 1 aliphatic heterocycles. The molecular weight excluding hydrogens is 230 g/mol. The first-order valence-electron chi connectivity index (χ1n) is 5.40. The van der Waals surface area contributed by atoms with Gasteiger partial charge in [0.2, 0.25) is 5.82 Å². The average molecular weight is 242 g/mol. The van der Waals surface area contributed by atoms with Crippen molar-refractivity contribution in [1.29, 1.82) is 0 Å². The third-order valence-corrected chi connectivity index (χ3v) is 3.03. The SMILES string of the molecule is Cc1c(F)c(N2CCCC2)cc([N+](=O)[O-])c1F. The second-order valence-corrected chi connectivity index (χ2v) is 4.12. The van der Waals surface area contributed by atoms with Crippen LogP contribution in [0, 0.1) is 28.7 Å². The maximum absolute atomic E-state index is 13.9. The smallest absolute Gasteiger partial charge is 0.307 e. The fourth-order valence-electron chi connectivity index (χ4n) is 2.06. The molecule has 1 heterocycles. The molecule has 2 rings (SSSR count). The normalized spacial score (nSPS) is 15.4. The van der Waals surface area contributed by atoms with Gasteiger partial charge in [0.15, 0.2) is 5.82 Å². The molecule has 6 heteroatoms. The summed E-state index contributed by atoms with van der Waals surface area (Å²) in [6, 6.07) is 0.989. The second-order valence-electron chi connectivity index (χ2n) is 4.12. The quantitative estimate of drug-likeness (QED) is 0.591. The molecule has 0 bridgehead atoms. The summed E-state index contributed by atoms with van der Waals surface area (Å²) in [7, 11) is 0. The molecule has 0 atom stereocenters. The maximum Gasteiger partial charge on any atom is 0.307 e. The highest BCUT2D eigenvalue weighted by Gasteiger charge is 2.26. The lowest BCUT2D eigenvalue weighted by Gasteiger charge is -2.19. The highest BCUT2D eigenvalue weighted by molar-refractivity contribution is 5.58. The summed E-state index contributed by atoms with van der Waals surface area (Å²) in [5.41, 5.74) is -0.819. The van der Waals surface area contributed by atoms with Crippen molar-refractivity contribution in [2.75, 3.05) is 18.0 Å². The summed E-state index contributed by atoms with van der Waals surface area (Å²) >= 11 is 0. The van der Waals surface area contributed by atoms with Gasteiger partial charge in [0.05, 0.1) is 10.6 Å². The molecule has 1 saturated heterocycles. The number of rotatable bonds is 2. The first-order chi connectivity index (χ1) is 8.02. The number of hydrogen-bond donors (Lipinski definition) is 0. The van der Waals surface area contributed by atoms with Crippen LogP contribution in [0.4, 0.5) is 20.2 Å². The predicted molar refractivity (Wildman–Crippen MR) is 59.2 cm³/mol. The van der Waals surface area contributed by atoms with E-state index in [1.807, 2.05) is 0 Å². The van der Waals surface area contributed by atoms with Crippen LogP contribution in [-0.2, 0) is 0 Å². The van der Waals surface area contributed by atoms with E-state index in [2.05, 4.69) is 0 Å². The van der Waals surface area contributed by atoms with Gasteiger partial charge in [-0.05, 0) is 19.8 Å². The summed E-state index contributed by atoms with van der Waals surface area (Å²) < 4.78 is 27.3. The molecule has 0 saturated carbocycles. The third kappa shape index (κ3) is 1.94. The van der Waals surface area contributed by atoms with Crippen LogP contribution in [0.15, 0.2) is 6.07 Å². The van der Waals surface area contributed by atoms with E-state index >= 15 is 0 Å². The van der Waals surface area contributed by atoms with E-state index in [-0.39, 0.29) is 11.3 Å². The Morgan fingerprint density at radius 2 is 1.88 bits per heavy atom. The number of halogens is 2. The average Bonchev–Trinajstić information content (AvgIpc) is 2.79. The summed E-state index contributed by atoms with van der Waals surface area (Å²) in [4.78, 5) is 11.6. The lowest BCUT2D eigenvalue weighted by atomic mass is 10.1. The van der Waals surface area contributed by atoms with Crippen LogP contribution in [-0.4, -0.2) is 18.0 Å². The molecule has 0 N–H and O–H groups in total. The summed E-state index contributed by atoms with van der Waals surface area (Å²) in [6.07, 6.45) is 1.84. The van der Waals surface area contributed by atoms with Gasteiger partial charge in [-0.25, -0.2) is 4.39 Å². The number of benzene rings is 1. The van der Waals surface area contributed by atoms with Crippen molar-refractivity contribution in [3.63, 3.8) is 0 Å². The molecule has 0 aromatic heterocycles. The first kappa shape index (κ1) is 11.8. The molecule has 0 spiro atoms. The molecule has 0 unspecified atom stereocenters. The maximum atomic E-state index is 13.9. The zero-order valence-corrected chi connectivity index (χ0v) is 9.37. The minimum absolute atomic E-state index is 0.133. The zero-order valence-electron chi connectivity index (χ0n) is 9.37. The Kier molecular flexibility index (Phi) is 2.95. The standard InChI is InChI=1S/C11H12F2N2O2/c1-7-10(12)8(14-4-2-3-5-14)6-9(11(7)13)15(16)17/h6H,2-5H2,1H3. The molecule has 1 fully saturated rings. The van der Waals surface area contributed by atoms with E-state index in [1.165, 1.54) is 6.92 Å². The van der Waals surface area contributed by atoms with Crippen molar-refractivity contribution in [1.82, 2.24) is 0 Å². The van der Waals surface area contributed by atoms with Gasteiger partial charge in [-0.15, -0.1) is 0 Å². The number of nitrogens with zero attached hydrogens (tertiary/aromatic N) is 2. The van der Waals surface area contributed by atoms with Crippen LogP contribution in [0.2, 0.25) is 0 Å². The summed E-state index contributed by atoms with van der Waals surface area (Å²) in [5.74, 6) is -1.79. The Labute approximate surface area is 97.0 Å². The molecule has 0 amide bonds. The lowest BCUT2D eigenvalue weighted by Crippen LogP contribution is -2.20. The molecule has 92 valence electrons. The van der Waals surface area contributed by atoms with Gasteiger partial charge >= 0.3 is 5.69 Å². The molecular formula is C11H12F2N2O2. The van der Waals surface area contributed by atoms with E-state index < -0.39 is 22.2 Å². The zero-order chi connectivity index (χ0) is 12.6. The van der Waals surface area contributed by atoms with E-state index in [0.717, 1.165) is 18.9 Å². The van der Waals surface area contributed by atoms with E-state index in [0.29, 0.717) is 13.1 Å². The number of anilines is 1. The highest BCUT2D eigenvalue weighted by Crippen LogP contribution is 2.32. The van der Waals surface area contributed by atoms with Crippen molar-refractivity contribution in [2.45, 2.75) is 19.8 Å². The molecule has 1 aliphatic rings. The summed E-state index contributed by atoms with van der Waals surface area (Å²) in [5, 5.41) is 10.7. The minimum atomic E-state index is -1.09. The largest absolute Gasteiger partial charge is 0.369 e. The van der Waals surface area contributed by atoms with Crippen molar-refractivity contribution in [2.24, 2.45) is 0 Å². The predicted octanol–water partition coefficient (Wildman–Crippen LogP) is 2.78. The Bertz CT molecular complexity index is 471. The Hall–Kier alpha value is -1.72. The molecule has 0 aliphatic carbocycles. The minimum Gasteiger partial charge on any atom is -0.369 e. The number of nitro groups is 1. The van der Waals surface area contributed by atoms with Crippen molar-refractivity contribution >= 4 is 11.4 Å². The van der Waals surface area contributed by atoms with Crippen LogP contribution < -0.4 is 4.90 Å². The fourth-order valence-corrected chi connectivity index (χ4v) is 2.06. The molecule has 1 aromatic carbocycles. The summed E-state index contributed by atoms with van der Waals surface area (Å²) in [6.45, 7) is 2.52. The van der Waals surface area contributed by atoms with Gasteiger partial charge in [0.1, 0.15) is 0 Å². The Morgan fingerprint density at radius 1 is 1.29 bits per heavy atom. The highest BCUT2D eigenvalue weighted by atomic mass is 19.1. The van der Waals surface area contributed by atoms with Crippen LogP contribution in [0.3, 0.4) is 0 Å². The van der Waals surface area contributed by atoms with Crippen LogP contribution >= 0.6 is 0 Å². The second kappa shape index (κ2) is 4.27. The number of hydrogen-bond acceptors (Lipinski definition) is 3. The van der Waals surface area contributed by atoms with E-state index in [4.69, 9.17) is 0 Å². The molecule has 1 aromatic rings. The van der Waals surface area contributed by atoms with Gasteiger partial charge in [0.25, 0.3) is 0 Å². The van der Waals surface area contributed by atoms with Crippen molar-refractivity contribution in [3.8, 4) is 0 Å². The van der Waals surface area contributed by atoms with Crippen LogP contribution in [0.25, 0.3) is 0 Å². The molecule has 17 heavy (non-hydrogen) atoms. The molecule has 4 nitrogen and oxygen atoms in total. The van der Waals surface area contributed by atoms with Gasteiger partial charge in [-0.3, -0.25) is 10.1 Å². The Morgan fingerprint density at radius 3 is 2.41 bits per heavy atom. The first-order valence-corrected chi connectivity index (χ1v) is 5.40. The van der Waals surface area contributed by atoms with Gasteiger partial charge in [-0.2, -0.15) is 4.39 Å². The Balaban J connectivity index is 2.55. The van der Waals surface area contributed by atoms with Crippen molar-refractivity contribution < 1.29 is 13.7 Å². The lowest BCUT2D eigenvalue weighted by molar-refractivity contribution is -0.387. The van der Waals surface area contributed by atoms with Crippen molar-refractivity contribution in [3.05, 3.63) is 33.4 Å². The third-order valence-electron chi connectivity index (χ3n) is 3.03.